The summed E-state index contributed by atoms with van der Waals surface area (Å²) in [5.74, 6) is -0.594. The fourth-order valence-electron chi connectivity index (χ4n) is 2.94. The van der Waals surface area contributed by atoms with Gasteiger partial charge in [-0.05, 0) is 25.5 Å². The second-order valence-corrected chi connectivity index (χ2v) is 6.56. The molecule has 0 saturated carbocycles. The molecule has 0 fully saturated rings. The monoisotopic (exact) mass is 399 g/mol. The first-order valence-corrected chi connectivity index (χ1v) is 9.67. The van der Waals surface area contributed by atoms with Gasteiger partial charge in [-0.15, -0.1) is 0 Å². The number of H-pyrrole nitrogens is 1. The molecule has 0 spiro atoms. The van der Waals surface area contributed by atoms with Gasteiger partial charge in [0.25, 0.3) is 5.91 Å². The number of Topliss-reactive ketones (excluding diaryl/α,β-unsaturated/α-hetero) is 1. The molecule has 0 unspecified atom stereocenters. The van der Waals surface area contributed by atoms with Crippen LogP contribution in [-0.2, 0) is 4.74 Å². The number of benzene rings is 1. The van der Waals surface area contributed by atoms with Gasteiger partial charge in [0.15, 0.2) is 5.78 Å². The molecule has 0 saturated heterocycles. The summed E-state index contributed by atoms with van der Waals surface area (Å²) in [4.78, 5) is 30.3. The molecule has 1 heterocycles. The molecule has 0 aliphatic carbocycles. The number of methoxy groups -OCH3 is 1. The van der Waals surface area contributed by atoms with Gasteiger partial charge in [-0.25, -0.2) is 0 Å². The van der Waals surface area contributed by atoms with Crippen LogP contribution in [0.1, 0.15) is 46.3 Å². The summed E-state index contributed by atoms with van der Waals surface area (Å²) >= 11 is 0. The third-order valence-corrected chi connectivity index (χ3v) is 4.62. The Morgan fingerprint density at radius 2 is 1.93 bits per heavy atom. The van der Waals surface area contributed by atoms with Crippen molar-refractivity contribution in [2.45, 2.75) is 19.9 Å². The highest BCUT2D eigenvalue weighted by Gasteiger charge is 2.19. The number of hydrogen-bond donors (Lipinski definition) is 3. The smallest absolute Gasteiger partial charge is 0.268 e. The van der Waals surface area contributed by atoms with Gasteiger partial charge >= 0.3 is 0 Å². The Labute approximate surface area is 171 Å². The predicted octanol–water partition coefficient (Wildman–Crippen LogP) is 2.53. The maximum atomic E-state index is 12.9. The molecule has 156 valence electrons. The second kappa shape index (κ2) is 11.2. The number of carbonyl (C=O) groups is 2. The number of aromatic nitrogens is 1. The number of nitrogens with zero attached hydrogens (tertiary/aromatic N) is 1. The summed E-state index contributed by atoms with van der Waals surface area (Å²) in [6.45, 7) is 5.53. The molecule has 1 atom stereocenters. The number of ketones is 1. The molecule has 0 aliphatic rings. The Bertz CT molecular complexity index is 826. The van der Waals surface area contributed by atoms with Crippen LogP contribution < -0.4 is 5.32 Å². The molecule has 7 nitrogen and oxygen atoms in total. The predicted molar refractivity (Wildman–Crippen MR) is 112 cm³/mol. The standard InChI is InChI=1S/C22H29N3O4/c1-4-25(5-2)13-18(15-29-3)21(27)17-11-19(23-12-17)22(28)24-20(14-26)16-9-7-6-8-10-16/h6-13,20,23,26H,4-5,14-15H2,1-3H3,(H,24,28)/t20-/m1/s1. The maximum absolute atomic E-state index is 12.9. The molecule has 0 bridgehead atoms. The summed E-state index contributed by atoms with van der Waals surface area (Å²) in [6, 6.07) is 10.2. The van der Waals surface area contributed by atoms with Gasteiger partial charge in [0.1, 0.15) is 5.69 Å². The van der Waals surface area contributed by atoms with Crippen molar-refractivity contribution in [1.82, 2.24) is 15.2 Å². The quantitative estimate of drug-likeness (QED) is 0.399. The van der Waals surface area contributed by atoms with Gasteiger partial charge in [0.05, 0.1) is 19.3 Å². The summed E-state index contributed by atoms with van der Waals surface area (Å²) < 4.78 is 5.17. The van der Waals surface area contributed by atoms with Gasteiger partial charge in [0.2, 0.25) is 0 Å². The highest BCUT2D eigenvalue weighted by atomic mass is 16.5. The number of aromatic amines is 1. The highest BCUT2D eigenvalue weighted by Crippen LogP contribution is 2.15. The Kier molecular flexibility index (Phi) is 8.64. The minimum Gasteiger partial charge on any atom is -0.394 e. The number of aliphatic hydroxyl groups excluding tert-OH is 1. The largest absolute Gasteiger partial charge is 0.394 e. The van der Waals surface area contributed by atoms with Crippen molar-refractivity contribution in [1.29, 1.82) is 0 Å². The molecule has 0 radical (unpaired) electrons. The third kappa shape index (κ3) is 6.04. The first-order chi connectivity index (χ1) is 14.0. The van der Waals surface area contributed by atoms with Crippen LogP contribution >= 0.6 is 0 Å². The molecule has 29 heavy (non-hydrogen) atoms. The molecule has 2 rings (SSSR count). The first kappa shape index (κ1) is 22.4. The molecule has 2 aromatic rings. The number of ether oxygens (including phenoxy) is 1. The molecule has 1 aromatic carbocycles. The third-order valence-electron chi connectivity index (χ3n) is 4.62. The molecule has 1 aromatic heterocycles. The molecule has 0 aliphatic heterocycles. The van der Waals surface area contributed by atoms with E-state index >= 15 is 0 Å². The van der Waals surface area contributed by atoms with E-state index in [-0.39, 0.29) is 24.7 Å². The van der Waals surface area contributed by atoms with Crippen LogP contribution in [0.3, 0.4) is 0 Å². The molecule has 1 amide bonds. The summed E-state index contributed by atoms with van der Waals surface area (Å²) in [7, 11) is 1.54. The number of hydrogen-bond acceptors (Lipinski definition) is 5. The van der Waals surface area contributed by atoms with Crippen LogP contribution in [0.15, 0.2) is 54.4 Å². The van der Waals surface area contributed by atoms with E-state index in [1.54, 1.807) is 6.20 Å². The van der Waals surface area contributed by atoms with Crippen LogP contribution in [0.4, 0.5) is 0 Å². The van der Waals surface area contributed by atoms with Gasteiger partial charge in [-0.1, -0.05) is 30.3 Å². The number of aliphatic hydroxyl groups is 1. The van der Waals surface area contributed by atoms with Crippen molar-refractivity contribution in [3.63, 3.8) is 0 Å². The summed E-state index contributed by atoms with van der Waals surface area (Å²) in [5, 5.41) is 12.4. The summed E-state index contributed by atoms with van der Waals surface area (Å²) in [5.41, 5.74) is 1.95. The molecule has 7 heteroatoms. The number of carbonyl (C=O) groups excluding carboxylic acids is 2. The number of nitrogens with one attached hydrogen (secondary N) is 2. The average Bonchev–Trinajstić information content (AvgIpc) is 3.25. The SMILES string of the molecule is CCN(C=C(COC)C(=O)c1c[nH]c(C(=O)N[C@H](CO)c2ccccc2)c1)CC. The first-order valence-electron chi connectivity index (χ1n) is 9.67. The topological polar surface area (TPSA) is 94.7 Å². The van der Waals surface area contributed by atoms with E-state index < -0.39 is 11.9 Å². The maximum Gasteiger partial charge on any atom is 0.268 e. The van der Waals surface area contributed by atoms with E-state index in [2.05, 4.69) is 10.3 Å². The Morgan fingerprint density at radius 1 is 1.24 bits per heavy atom. The van der Waals surface area contributed by atoms with Crippen LogP contribution in [-0.4, -0.2) is 60.1 Å². The fraction of sp³-hybridized carbons (Fsp3) is 0.364. The Morgan fingerprint density at radius 3 is 2.52 bits per heavy atom. The molecule has 3 N–H and O–H groups in total. The fourth-order valence-corrected chi connectivity index (χ4v) is 2.94. The molecular formula is C22H29N3O4. The van der Waals surface area contributed by atoms with Crippen molar-refractivity contribution < 1.29 is 19.4 Å². The van der Waals surface area contributed by atoms with Crippen LogP contribution in [0.2, 0.25) is 0 Å². The normalized spacial score (nSPS) is 12.5. The van der Waals surface area contributed by atoms with Crippen LogP contribution in [0.5, 0.6) is 0 Å². The van der Waals surface area contributed by atoms with E-state index in [0.29, 0.717) is 11.1 Å². The van der Waals surface area contributed by atoms with Gasteiger partial charge in [0, 0.05) is 43.7 Å². The van der Waals surface area contributed by atoms with Crippen molar-refractivity contribution in [2.75, 3.05) is 33.4 Å². The van der Waals surface area contributed by atoms with E-state index in [0.717, 1.165) is 18.7 Å². The van der Waals surface area contributed by atoms with E-state index in [9.17, 15) is 14.7 Å². The van der Waals surface area contributed by atoms with E-state index in [4.69, 9.17) is 4.74 Å². The van der Waals surface area contributed by atoms with Crippen molar-refractivity contribution >= 4 is 11.7 Å². The Balaban J connectivity index is 2.15. The van der Waals surface area contributed by atoms with Crippen LogP contribution in [0, 0.1) is 0 Å². The van der Waals surface area contributed by atoms with Gasteiger partial charge in [-0.2, -0.15) is 0 Å². The zero-order valence-electron chi connectivity index (χ0n) is 17.1. The van der Waals surface area contributed by atoms with Crippen molar-refractivity contribution in [3.8, 4) is 0 Å². The average molecular weight is 399 g/mol. The van der Waals surface area contributed by atoms with Gasteiger partial charge < -0.3 is 25.0 Å². The lowest BCUT2D eigenvalue weighted by Crippen LogP contribution is -2.31. The molecular weight excluding hydrogens is 370 g/mol. The van der Waals surface area contributed by atoms with Gasteiger partial charge in [-0.3, -0.25) is 9.59 Å². The summed E-state index contributed by atoms with van der Waals surface area (Å²) in [6.07, 6.45) is 3.31. The zero-order valence-corrected chi connectivity index (χ0v) is 17.1. The zero-order chi connectivity index (χ0) is 21.2. The Hall–Kier alpha value is -2.90. The lowest BCUT2D eigenvalue weighted by atomic mass is 10.1. The second-order valence-electron chi connectivity index (χ2n) is 6.56. The van der Waals surface area contributed by atoms with E-state index in [1.807, 2.05) is 49.1 Å². The minimum absolute atomic E-state index is 0.183. The lowest BCUT2D eigenvalue weighted by molar-refractivity contribution is 0.0911. The number of rotatable bonds is 11. The number of amides is 1. The minimum atomic E-state index is -0.530. The lowest BCUT2D eigenvalue weighted by Gasteiger charge is -2.17. The van der Waals surface area contributed by atoms with Crippen LogP contribution in [0.25, 0.3) is 0 Å². The highest BCUT2D eigenvalue weighted by molar-refractivity contribution is 6.10. The van der Waals surface area contributed by atoms with E-state index in [1.165, 1.54) is 19.4 Å². The van der Waals surface area contributed by atoms with Crippen molar-refractivity contribution in [3.05, 3.63) is 71.2 Å². The van der Waals surface area contributed by atoms with Crippen molar-refractivity contribution in [2.24, 2.45) is 0 Å².